The van der Waals surface area contributed by atoms with Gasteiger partial charge in [-0.25, -0.2) is 0 Å². The Bertz CT molecular complexity index is 919. The molecule has 0 aliphatic rings. The first-order valence-corrected chi connectivity index (χ1v) is 9.07. The third-order valence-corrected chi connectivity index (χ3v) is 4.79. The number of hydrogen-bond donors (Lipinski definition) is 2. The Morgan fingerprint density at radius 1 is 1.20 bits per heavy atom. The SMILES string of the molecule is CNc1ncnc2c1c(C(N)=[Se])cn2Cc1ccc(C(C)(C)C)cc1. The standard InChI is InChI=1S/C19H23N5Se/c1-19(2,3)13-7-5-12(6-8-13)9-24-10-14(16(20)25)15-17(21-4)22-11-23-18(15)24/h5-8,10-11H,9H2,1-4H3,(H2,20,25)(H,21,22,23). The Kier molecular flexibility index (Phi) is 4.67. The summed E-state index contributed by atoms with van der Waals surface area (Å²) in [6, 6.07) is 8.75. The number of nitrogens with zero attached hydrogens (tertiary/aromatic N) is 3. The number of hydrogen-bond acceptors (Lipinski definition) is 4. The van der Waals surface area contributed by atoms with Crippen molar-refractivity contribution in [2.75, 3.05) is 12.4 Å². The fraction of sp³-hybridized carbons (Fsp3) is 0.316. The summed E-state index contributed by atoms with van der Waals surface area (Å²) in [4.78, 5) is 8.78. The van der Waals surface area contributed by atoms with Gasteiger partial charge in [0.25, 0.3) is 0 Å². The van der Waals surface area contributed by atoms with Gasteiger partial charge in [0.15, 0.2) is 0 Å². The molecule has 0 atom stereocenters. The van der Waals surface area contributed by atoms with Gasteiger partial charge in [0.2, 0.25) is 0 Å². The number of rotatable bonds is 4. The first-order valence-electron chi connectivity index (χ1n) is 8.22. The molecular weight excluding hydrogens is 377 g/mol. The van der Waals surface area contributed by atoms with Crippen LogP contribution >= 0.6 is 0 Å². The van der Waals surface area contributed by atoms with Gasteiger partial charge in [0.05, 0.1) is 0 Å². The van der Waals surface area contributed by atoms with E-state index in [1.54, 1.807) is 6.33 Å². The van der Waals surface area contributed by atoms with Crippen molar-refractivity contribution in [3.63, 3.8) is 0 Å². The molecule has 0 amide bonds. The molecule has 0 spiro atoms. The molecule has 3 aromatic rings. The van der Waals surface area contributed by atoms with Crippen molar-refractivity contribution in [3.05, 3.63) is 53.5 Å². The molecule has 0 bridgehead atoms. The molecule has 6 heteroatoms. The van der Waals surface area contributed by atoms with Crippen molar-refractivity contribution < 1.29 is 0 Å². The van der Waals surface area contributed by atoms with Crippen molar-refractivity contribution in [2.45, 2.75) is 32.7 Å². The van der Waals surface area contributed by atoms with Crippen LogP contribution in [0, 0.1) is 0 Å². The van der Waals surface area contributed by atoms with Gasteiger partial charge in [0.1, 0.15) is 0 Å². The fourth-order valence-electron chi connectivity index (χ4n) is 2.93. The van der Waals surface area contributed by atoms with E-state index >= 15 is 0 Å². The van der Waals surface area contributed by atoms with Crippen LogP contribution in [0.25, 0.3) is 11.0 Å². The second kappa shape index (κ2) is 6.62. The van der Waals surface area contributed by atoms with Crippen molar-refractivity contribution in [1.29, 1.82) is 0 Å². The van der Waals surface area contributed by atoms with E-state index in [0.717, 1.165) is 29.0 Å². The van der Waals surface area contributed by atoms with Crippen LogP contribution in [0.3, 0.4) is 0 Å². The van der Waals surface area contributed by atoms with Crippen LogP contribution in [0.4, 0.5) is 5.82 Å². The van der Waals surface area contributed by atoms with Gasteiger partial charge in [-0.3, -0.25) is 0 Å². The Morgan fingerprint density at radius 2 is 1.88 bits per heavy atom. The van der Waals surface area contributed by atoms with Crippen LogP contribution in [0.1, 0.15) is 37.5 Å². The van der Waals surface area contributed by atoms with Gasteiger partial charge in [-0.1, -0.05) is 0 Å². The maximum atomic E-state index is 6.04. The Hall–Kier alpha value is -2.17. The summed E-state index contributed by atoms with van der Waals surface area (Å²) in [7, 11) is 1.85. The van der Waals surface area contributed by atoms with Crippen molar-refractivity contribution in [3.8, 4) is 0 Å². The summed E-state index contributed by atoms with van der Waals surface area (Å²) >= 11 is 2.90. The summed E-state index contributed by atoms with van der Waals surface area (Å²) < 4.78 is 2.75. The number of anilines is 1. The molecule has 0 unspecified atom stereocenters. The van der Waals surface area contributed by atoms with Gasteiger partial charge < -0.3 is 0 Å². The van der Waals surface area contributed by atoms with Crippen molar-refractivity contribution >= 4 is 37.0 Å². The van der Waals surface area contributed by atoms with Crippen molar-refractivity contribution in [1.82, 2.24) is 14.5 Å². The molecule has 2 heterocycles. The van der Waals surface area contributed by atoms with E-state index in [0.29, 0.717) is 4.54 Å². The monoisotopic (exact) mass is 401 g/mol. The third-order valence-electron chi connectivity index (χ3n) is 4.33. The predicted molar refractivity (Wildman–Crippen MR) is 105 cm³/mol. The average molecular weight is 400 g/mol. The molecule has 3 N–H and O–H groups in total. The van der Waals surface area contributed by atoms with Gasteiger partial charge in [-0.15, -0.1) is 0 Å². The Balaban J connectivity index is 2.03. The molecular formula is C19H23N5Se. The molecule has 3 rings (SSSR count). The maximum absolute atomic E-state index is 6.04. The second-order valence-corrected chi connectivity index (χ2v) is 8.08. The summed E-state index contributed by atoms with van der Waals surface area (Å²) in [5, 5.41) is 4.06. The van der Waals surface area contributed by atoms with E-state index in [4.69, 9.17) is 5.73 Å². The quantitative estimate of drug-likeness (QED) is 0.660. The minimum absolute atomic E-state index is 0.155. The molecule has 130 valence electrons. The molecule has 0 radical (unpaired) electrons. The molecule has 0 fully saturated rings. The van der Waals surface area contributed by atoms with E-state index in [9.17, 15) is 0 Å². The molecule has 5 nitrogen and oxygen atoms in total. The number of nitrogens with one attached hydrogen (secondary N) is 1. The van der Waals surface area contributed by atoms with Gasteiger partial charge >= 0.3 is 156 Å². The van der Waals surface area contributed by atoms with E-state index in [-0.39, 0.29) is 5.41 Å². The van der Waals surface area contributed by atoms with Crippen LogP contribution in [0.2, 0.25) is 0 Å². The summed E-state index contributed by atoms with van der Waals surface area (Å²) in [6.07, 6.45) is 3.61. The molecule has 0 aliphatic carbocycles. The summed E-state index contributed by atoms with van der Waals surface area (Å²) in [5.41, 5.74) is 10.5. The van der Waals surface area contributed by atoms with Crippen LogP contribution in [0.5, 0.6) is 0 Å². The van der Waals surface area contributed by atoms with E-state index in [1.807, 2.05) is 13.2 Å². The van der Waals surface area contributed by atoms with Gasteiger partial charge in [-0.2, -0.15) is 0 Å². The van der Waals surface area contributed by atoms with E-state index in [1.165, 1.54) is 11.1 Å². The van der Waals surface area contributed by atoms with Gasteiger partial charge in [-0.05, 0) is 0 Å². The zero-order valence-electron chi connectivity index (χ0n) is 15.0. The predicted octanol–water partition coefficient (Wildman–Crippen LogP) is 2.42. The first-order chi connectivity index (χ1) is 11.8. The molecule has 2 aromatic heterocycles. The third kappa shape index (κ3) is 3.46. The zero-order chi connectivity index (χ0) is 18.2. The number of benzene rings is 1. The minimum atomic E-state index is 0.155. The number of nitrogens with two attached hydrogens (primary N) is 1. The molecule has 25 heavy (non-hydrogen) atoms. The number of aromatic nitrogens is 3. The van der Waals surface area contributed by atoms with E-state index in [2.05, 4.69) is 80.5 Å². The molecule has 1 aromatic carbocycles. The molecule has 0 aliphatic heterocycles. The average Bonchev–Trinajstić information content (AvgIpc) is 2.93. The zero-order valence-corrected chi connectivity index (χ0v) is 16.7. The fourth-order valence-corrected chi connectivity index (χ4v) is 3.25. The van der Waals surface area contributed by atoms with Crippen molar-refractivity contribution in [2.24, 2.45) is 5.73 Å². The number of fused-ring (bicyclic) bond motifs is 1. The first kappa shape index (κ1) is 17.6. The normalized spacial score (nSPS) is 11.7. The van der Waals surface area contributed by atoms with Crippen LogP contribution in [-0.2, 0) is 12.0 Å². The topological polar surface area (TPSA) is 68.8 Å². The van der Waals surface area contributed by atoms with Crippen LogP contribution in [-0.4, -0.2) is 41.7 Å². The van der Waals surface area contributed by atoms with Gasteiger partial charge in [0, 0.05) is 0 Å². The van der Waals surface area contributed by atoms with E-state index < -0.39 is 0 Å². The summed E-state index contributed by atoms with van der Waals surface area (Å²) in [5.74, 6) is 0.778. The Morgan fingerprint density at radius 3 is 2.44 bits per heavy atom. The molecule has 0 saturated carbocycles. The Labute approximate surface area is 156 Å². The molecule has 0 saturated heterocycles. The summed E-state index contributed by atoms with van der Waals surface area (Å²) in [6.45, 7) is 7.40. The van der Waals surface area contributed by atoms with Crippen LogP contribution in [0.15, 0.2) is 36.8 Å². The van der Waals surface area contributed by atoms with Crippen LogP contribution < -0.4 is 11.1 Å². The second-order valence-electron chi connectivity index (χ2n) is 7.15.